The van der Waals surface area contributed by atoms with Gasteiger partial charge in [0.1, 0.15) is 0 Å². The molecule has 0 radical (unpaired) electrons. The lowest BCUT2D eigenvalue weighted by Gasteiger charge is -2.36. The van der Waals surface area contributed by atoms with Crippen molar-refractivity contribution in [2.75, 3.05) is 37.6 Å². The zero-order chi connectivity index (χ0) is 22.0. The van der Waals surface area contributed by atoms with Gasteiger partial charge in [-0.3, -0.25) is 9.69 Å². The first kappa shape index (κ1) is 22.1. The van der Waals surface area contributed by atoms with E-state index in [1.54, 1.807) is 35.3 Å². The van der Waals surface area contributed by atoms with Gasteiger partial charge in [-0.05, 0) is 37.3 Å². The standard InChI is InChI=1S/C22H22Cl3N5O/c1-15-20(14-27-30(15)22-3-2-16(23)13-26-22)21(31)4-5-28-6-8-29(9-7-28)19-11-17(24)10-18(25)12-19/h2-3,10-14H,4-9H2,1H3. The first-order valence-corrected chi connectivity index (χ1v) is 11.2. The smallest absolute Gasteiger partial charge is 0.167 e. The highest BCUT2D eigenvalue weighted by atomic mass is 35.5. The Kier molecular flexibility index (Phi) is 6.82. The van der Waals surface area contributed by atoms with Gasteiger partial charge in [-0.25, -0.2) is 9.67 Å². The highest BCUT2D eigenvalue weighted by Gasteiger charge is 2.20. The minimum atomic E-state index is 0.0850. The summed E-state index contributed by atoms with van der Waals surface area (Å²) in [5, 5.41) is 6.17. The molecule has 3 aromatic rings. The molecule has 1 fully saturated rings. The quantitative estimate of drug-likeness (QED) is 0.470. The number of carbonyl (C=O) groups is 1. The van der Waals surface area contributed by atoms with E-state index in [0.29, 0.717) is 39.4 Å². The molecule has 31 heavy (non-hydrogen) atoms. The third kappa shape index (κ3) is 5.21. The third-order valence-corrected chi connectivity index (χ3v) is 6.14. The Bertz CT molecular complexity index is 1060. The van der Waals surface area contributed by atoms with Crippen molar-refractivity contribution < 1.29 is 4.79 Å². The summed E-state index contributed by atoms with van der Waals surface area (Å²) in [5.41, 5.74) is 2.44. The van der Waals surface area contributed by atoms with Crippen LogP contribution < -0.4 is 4.90 Å². The lowest BCUT2D eigenvalue weighted by atomic mass is 10.1. The number of hydrogen-bond acceptors (Lipinski definition) is 5. The highest BCUT2D eigenvalue weighted by Crippen LogP contribution is 2.26. The first-order valence-electron chi connectivity index (χ1n) is 10.0. The van der Waals surface area contributed by atoms with Crippen molar-refractivity contribution in [1.29, 1.82) is 0 Å². The van der Waals surface area contributed by atoms with Crippen molar-refractivity contribution in [3.63, 3.8) is 0 Å². The van der Waals surface area contributed by atoms with Crippen LogP contribution in [0.4, 0.5) is 5.69 Å². The maximum atomic E-state index is 12.8. The molecular weight excluding hydrogens is 457 g/mol. The maximum absolute atomic E-state index is 12.8. The van der Waals surface area contributed by atoms with Crippen molar-refractivity contribution in [2.45, 2.75) is 13.3 Å². The second-order valence-corrected chi connectivity index (χ2v) is 8.83. The Balaban J connectivity index is 1.32. The highest BCUT2D eigenvalue weighted by molar-refractivity contribution is 6.35. The number of halogens is 3. The number of rotatable bonds is 6. The van der Waals surface area contributed by atoms with Gasteiger partial charge in [-0.1, -0.05) is 34.8 Å². The number of hydrogen-bond donors (Lipinski definition) is 0. The predicted octanol–water partition coefficient (Wildman–Crippen LogP) is 4.93. The van der Waals surface area contributed by atoms with Crippen LogP contribution in [-0.2, 0) is 0 Å². The number of carbonyl (C=O) groups excluding carboxylic acids is 1. The molecule has 0 N–H and O–H groups in total. The molecule has 0 aliphatic carbocycles. The van der Waals surface area contributed by atoms with Gasteiger partial charge in [-0.15, -0.1) is 0 Å². The predicted molar refractivity (Wildman–Crippen MR) is 125 cm³/mol. The van der Waals surface area contributed by atoms with E-state index in [0.717, 1.165) is 37.6 Å². The van der Waals surface area contributed by atoms with Crippen molar-refractivity contribution in [2.24, 2.45) is 0 Å². The number of ketones is 1. The number of benzene rings is 1. The van der Waals surface area contributed by atoms with Crippen molar-refractivity contribution >= 4 is 46.3 Å². The number of aromatic nitrogens is 3. The van der Waals surface area contributed by atoms with Crippen molar-refractivity contribution in [3.8, 4) is 5.82 Å². The van der Waals surface area contributed by atoms with Crippen LogP contribution in [-0.4, -0.2) is 58.2 Å². The molecule has 1 aliphatic rings. The molecule has 4 rings (SSSR count). The summed E-state index contributed by atoms with van der Waals surface area (Å²) in [6.07, 6.45) is 3.63. The molecule has 162 valence electrons. The van der Waals surface area contributed by atoms with Crippen molar-refractivity contribution in [1.82, 2.24) is 19.7 Å². The molecule has 1 saturated heterocycles. The Morgan fingerprint density at radius 3 is 2.32 bits per heavy atom. The van der Waals surface area contributed by atoms with Crippen LogP contribution in [0.3, 0.4) is 0 Å². The lowest BCUT2D eigenvalue weighted by Crippen LogP contribution is -2.46. The summed E-state index contributed by atoms with van der Waals surface area (Å²) in [6.45, 7) is 6.08. The Morgan fingerprint density at radius 2 is 1.68 bits per heavy atom. The molecule has 2 aromatic heterocycles. The van der Waals surface area contributed by atoms with Gasteiger partial charge in [0.25, 0.3) is 0 Å². The van der Waals surface area contributed by atoms with E-state index >= 15 is 0 Å². The molecule has 9 heteroatoms. The fourth-order valence-electron chi connectivity index (χ4n) is 3.75. The van der Waals surface area contributed by atoms with Crippen LogP contribution >= 0.6 is 34.8 Å². The number of Topliss-reactive ketones (excluding diaryl/α,β-unsaturated/α-hetero) is 1. The van der Waals surface area contributed by atoms with Crippen LogP contribution in [0.15, 0.2) is 42.7 Å². The zero-order valence-corrected chi connectivity index (χ0v) is 19.3. The van der Waals surface area contributed by atoms with Gasteiger partial charge >= 0.3 is 0 Å². The molecular formula is C22H22Cl3N5O. The monoisotopic (exact) mass is 477 g/mol. The fourth-order valence-corrected chi connectivity index (χ4v) is 4.38. The van der Waals surface area contributed by atoms with Crippen LogP contribution in [0.1, 0.15) is 22.5 Å². The molecule has 0 bridgehead atoms. The molecule has 3 heterocycles. The maximum Gasteiger partial charge on any atom is 0.167 e. The Morgan fingerprint density at radius 1 is 0.968 bits per heavy atom. The summed E-state index contributed by atoms with van der Waals surface area (Å²) >= 11 is 18.2. The third-order valence-electron chi connectivity index (χ3n) is 5.48. The fraction of sp³-hybridized carbons (Fsp3) is 0.318. The average molecular weight is 479 g/mol. The largest absolute Gasteiger partial charge is 0.369 e. The van der Waals surface area contributed by atoms with Gasteiger partial charge in [-0.2, -0.15) is 5.10 Å². The van der Waals surface area contributed by atoms with Crippen molar-refractivity contribution in [3.05, 3.63) is 69.1 Å². The van der Waals surface area contributed by atoms with Gasteiger partial charge in [0.15, 0.2) is 11.6 Å². The topological polar surface area (TPSA) is 54.3 Å². The summed E-state index contributed by atoms with van der Waals surface area (Å²) < 4.78 is 1.67. The summed E-state index contributed by atoms with van der Waals surface area (Å²) in [4.78, 5) is 21.7. The van der Waals surface area contributed by atoms with Crippen LogP contribution in [0.2, 0.25) is 15.1 Å². The van der Waals surface area contributed by atoms with Gasteiger partial charge in [0, 0.05) is 61.1 Å². The van der Waals surface area contributed by atoms with E-state index in [1.165, 1.54) is 0 Å². The van der Waals surface area contributed by atoms with E-state index < -0.39 is 0 Å². The second-order valence-electron chi connectivity index (χ2n) is 7.52. The summed E-state index contributed by atoms with van der Waals surface area (Å²) in [5.74, 6) is 0.722. The molecule has 1 aliphatic heterocycles. The molecule has 0 unspecified atom stereocenters. The Labute approximate surface area is 196 Å². The minimum absolute atomic E-state index is 0.0850. The molecule has 0 amide bonds. The molecule has 0 spiro atoms. The van der Waals surface area contributed by atoms with E-state index in [-0.39, 0.29) is 5.78 Å². The SMILES string of the molecule is Cc1c(C(=O)CCN2CCN(c3cc(Cl)cc(Cl)c3)CC2)cnn1-c1ccc(Cl)cn1. The van der Waals surface area contributed by atoms with E-state index in [4.69, 9.17) is 34.8 Å². The zero-order valence-electron chi connectivity index (χ0n) is 17.1. The molecule has 0 atom stereocenters. The number of nitrogens with zero attached hydrogens (tertiary/aromatic N) is 5. The number of anilines is 1. The summed E-state index contributed by atoms with van der Waals surface area (Å²) in [6, 6.07) is 9.14. The first-order chi connectivity index (χ1) is 14.9. The number of pyridine rings is 1. The lowest BCUT2D eigenvalue weighted by molar-refractivity contribution is 0.0962. The second kappa shape index (κ2) is 9.57. The van der Waals surface area contributed by atoms with E-state index in [2.05, 4.69) is 19.9 Å². The average Bonchev–Trinajstić information content (AvgIpc) is 3.13. The van der Waals surface area contributed by atoms with Gasteiger partial charge in [0.05, 0.1) is 22.5 Å². The summed E-state index contributed by atoms with van der Waals surface area (Å²) in [7, 11) is 0. The van der Waals surface area contributed by atoms with E-state index in [9.17, 15) is 4.79 Å². The normalized spacial score (nSPS) is 14.8. The molecule has 0 saturated carbocycles. The minimum Gasteiger partial charge on any atom is -0.369 e. The van der Waals surface area contributed by atoms with Gasteiger partial charge in [0.2, 0.25) is 0 Å². The van der Waals surface area contributed by atoms with Gasteiger partial charge < -0.3 is 4.90 Å². The van der Waals surface area contributed by atoms with Crippen LogP contribution in [0, 0.1) is 6.92 Å². The number of piperazine rings is 1. The van der Waals surface area contributed by atoms with Crippen LogP contribution in [0.5, 0.6) is 0 Å². The molecule has 6 nitrogen and oxygen atoms in total. The van der Waals surface area contributed by atoms with E-state index in [1.807, 2.05) is 19.1 Å². The molecule has 1 aromatic carbocycles. The van der Waals surface area contributed by atoms with Crippen LogP contribution in [0.25, 0.3) is 5.82 Å². The Hall–Kier alpha value is -2.12.